The van der Waals surface area contributed by atoms with E-state index < -0.39 is 5.97 Å². The molecule has 1 amide bonds. The molecule has 1 atom stereocenters. The highest BCUT2D eigenvalue weighted by atomic mass is 35.5. The summed E-state index contributed by atoms with van der Waals surface area (Å²) in [5.41, 5.74) is 0.389. The molecule has 0 aliphatic carbocycles. The highest BCUT2D eigenvalue weighted by Crippen LogP contribution is 2.30. The van der Waals surface area contributed by atoms with E-state index in [0.717, 1.165) is 24.2 Å². The Labute approximate surface area is 132 Å². The lowest BCUT2D eigenvalue weighted by atomic mass is 9.96. The molecule has 0 saturated heterocycles. The second-order valence-corrected chi connectivity index (χ2v) is 6.77. The van der Waals surface area contributed by atoms with Crippen LogP contribution in [0.3, 0.4) is 0 Å². The molecular weight excluding hydrogens is 321 g/mol. The summed E-state index contributed by atoms with van der Waals surface area (Å²) in [6.45, 7) is 2.52. The summed E-state index contributed by atoms with van der Waals surface area (Å²) < 4.78 is 0.860. The zero-order chi connectivity index (χ0) is 15.1. The Morgan fingerprint density at radius 1 is 1.40 bits per heavy atom. The molecule has 0 bridgehead atoms. The number of hydrogen-bond acceptors (Lipinski definition) is 3. The number of amides is 1. The number of hydrogen-bond donors (Lipinski definition) is 2. The Morgan fingerprint density at radius 2 is 2.10 bits per heavy atom. The number of nitrogens with one attached hydrogen (secondary N) is 1. The molecule has 1 rings (SSSR count). The molecule has 20 heavy (non-hydrogen) atoms. The van der Waals surface area contributed by atoms with Crippen LogP contribution in [0.25, 0.3) is 0 Å². The van der Waals surface area contributed by atoms with Crippen LogP contribution in [-0.2, 0) is 4.79 Å². The predicted octanol–water partition coefficient (Wildman–Crippen LogP) is 4.07. The third-order valence-electron chi connectivity index (χ3n) is 3.08. The van der Waals surface area contributed by atoms with Gasteiger partial charge in [0.25, 0.3) is 5.91 Å². The molecule has 0 aliphatic rings. The number of halogens is 2. The summed E-state index contributed by atoms with van der Waals surface area (Å²) >= 11 is 12.8. The number of carbonyl (C=O) groups excluding carboxylic acids is 1. The van der Waals surface area contributed by atoms with E-state index in [4.69, 9.17) is 28.3 Å². The molecule has 0 saturated carbocycles. The fourth-order valence-electron chi connectivity index (χ4n) is 1.86. The molecule has 1 heterocycles. The minimum Gasteiger partial charge on any atom is -0.481 e. The van der Waals surface area contributed by atoms with Crippen LogP contribution in [0, 0.1) is 5.92 Å². The first-order valence-corrected chi connectivity index (χ1v) is 7.96. The molecule has 7 heteroatoms. The number of aliphatic carboxylic acids is 1. The zero-order valence-corrected chi connectivity index (χ0v) is 13.4. The van der Waals surface area contributed by atoms with Crippen molar-refractivity contribution in [2.75, 3.05) is 6.54 Å². The van der Waals surface area contributed by atoms with Gasteiger partial charge in [0, 0.05) is 13.0 Å². The monoisotopic (exact) mass is 337 g/mol. The minimum absolute atomic E-state index is 0.165. The van der Waals surface area contributed by atoms with Crippen LogP contribution in [0.1, 0.15) is 43.0 Å². The van der Waals surface area contributed by atoms with E-state index in [-0.39, 0.29) is 12.3 Å². The summed E-state index contributed by atoms with van der Waals surface area (Å²) in [5, 5.41) is 11.4. The largest absolute Gasteiger partial charge is 0.481 e. The van der Waals surface area contributed by atoms with Crippen molar-refractivity contribution in [3.8, 4) is 0 Å². The van der Waals surface area contributed by atoms with E-state index in [1.807, 2.05) is 6.92 Å². The predicted molar refractivity (Wildman–Crippen MR) is 81.9 cm³/mol. The van der Waals surface area contributed by atoms with Crippen LogP contribution in [0.5, 0.6) is 0 Å². The molecule has 0 aliphatic heterocycles. The van der Waals surface area contributed by atoms with E-state index >= 15 is 0 Å². The Hall–Kier alpha value is -0.780. The van der Waals surface area contributed by atoms with E-state index in [9.17, 15) is 9.59 Å². The van der Waals surface area contributed by atoms with Crippen molar-refractivity contribution < 1.29 is 14.7 Å². The smallest absolute Gasteiger partial charge is 0.303 e. The highest BCUT2D eigenvalue weighted by molar-refractivity contribution is 7.20. The van der Waals surface area contributed by atoms with Gasteiger partial charge in [-0.15, -0.1) is 11.3 Å². The van der Waals surface area contributed by atoms with Crippen LogP contribution in [-0.4, -0.2) is 23.5 Å². The molecule has 1 aromatic rings. The first kappa shape index (κ1) is 17.3. The van der Waals surface area contributed by atoms with Crippen molar-refractivity contribution in [1.29, 1.82) is 0 Å². The second-order valence-electron chi connectivity index (χ2n) is 4.49. The normalized spacial score (nSPS) is 12.2. The van der Waals surface area contributed by atoms with Gasteiger partial charge in [0.2, 0.25) is 0 Å². The van der Waals surface area contributed by atoms with Crippen molar-refractivity contribution in [1.82, 2.24) is 5.32 Å². The maximum absolute atomic E-state index is 11.9. The van der Waals surface area contributed by atoms with Gasteiger partial charge in [-0.1, -0.05) is 36.5 Å². The number of carboxylic acids is 1. The number of carboxylic acid groups (broad SMARTS) is 1. The van der Waals surface area contributed by atoms with Crippen molar-refractivity contribution in [3.05, 3.63) is 20.3 Å². The van der Waals surface area contributed by atoms with Gasteiger partial charge in [0.05, 0.1) is 9.90 Å². The number of thiophene rings is 1. The van der Waals surface area contributed by atoms with Gasteiger partial charge in [0.1, 0.15) is 4.34 Å². The SMILES string of the molecule is CCC(CCNC(=O)c1cc(Cl)sc1Cl)CCC(=O)O. The molecular formula is C13H17Cl2NO3S. The average Bonchev–Trinajstić information content (AvgIpc) is 2.72. The molecule has 2 N–H and O–H groups in total. The molecule has 112 valence electrons. The van der Waals surface area contributed by atoms with Crippen molar-refractivity contribution in [2.24, 2.45) is 5.92 Å². The standard InChI is InChI=1S/C13H17Cl2NO3S/c1-2-8(3-4-11(17)18)5-6-16-13(19)9-7-10(14)20-12(9)15/h7-8H,2-6H2,1H3,(H,16,19)(H,17,18). The van der Waals surface area contributed by atoms with Crippen molar-refractivity contribution >= 4 is 46.4 Å². The van der Waals surface area contributed by atoms with Crippen LogP contribution in [0.15, 0.2) is 6.07 Å². The maximum atomic E-state index is 11.9. The van der Waals surface area contributed by atoms with E-state index in [2.05, 4.69) is 5.32 Å². The first-order valence-electron chi connectivity index (χ1n) is 6.38. The Kier molecular flexibility index (Phi) is 7.34. The summed E-state index contributed by atoms with van der Waals surface area (Å²) in [4.78, 5) is 22.4. The minimum atomic E-state index is -0.785. The van der Waals surface area contributed by atoms with Gasteiger partial charge in [-0.25, -0.2) is 0 Å². The van der Waals surface area contributed by atoms with Gasteiger partial charge < -0.3 is 10.4 Å². The Balaban J connectivity index is 2.37. The first-order chi connectivity index (χ1) is 9.43. The third-order valence-corrected chi connectivity index (χ3v) is 4.57. The molecule has 0 fully saturated rings. The van der Waals surface area contributed by atoms with E-state index in [0.29, 0.717) is 33.1 Å². The van der Waals surface area contributed by atoms with Crippen LogP contribution in [0.2, 0.25) is 8.67 Å². The Morgan fingerprint density at radius 3 is 2.60 bits per heavy atom. The van der Waals surface area contributed by atoms with Gasteiger partial charge in [-0.05, 0) is 24.8 Å². The zero-order valence-electron chi connectivity index (χ0n) is 11.1. The fourth-order valence-corrected chi connectivity index (χ4v) is 3.32. The van der Waals surface area contributed by atoms with Gasteiger partial charge in [0.15, 0.2) is 0 Å². The summed E-state index contributed by atoms with van der Waals surface area (Å²) in [6.07, 6.45) is 2.45. The average molecular weight is 338 g/mol. The topological polar surface area (TPSA) is 66.4 Å². The van der Waals surface area contributed by atoms with E-state index in [1.54, 1.807) is 6.07 Å². The van der Waals surface area contributed by atoms with Crippen LogP contribution < -0.4 is 5.32 Å². The lowest BCUT2D eigenvalue weighted by Crippen LogP contribution is -2.25. The molecule has 0 aromatic carbocycles. The summed E-state index contributed by atoms with van der Waals surface area (Å²) in [5.74, 6) is -0.730. The number of rotatable bonds is 8. The fraction of sp³-hybridized carbons (Fsp3) is 0.538. The highest BCUT2D eigenvalue weighted by Gasteiger charge is 2.15. The molecule has 0 spiro atoms. The quantitative estimate of drug-likeness (QED) is 0.751. The molecule has 0 radical (unpaired) electrons. The Bertz CT molecular complexity index is 476. The third kappa shape index (κ3) is 5.69. The lowest BCUT2D eigenvalue weighted by Gasteiger charge is -2.13. The summed E-state index contributed by atoms with van der Waals surface area (Å²) in [7, 11) is 0. The van der Waals surface area contributed by atoms with Gasteiger partial charge >= 0.3 is 5.97 Å². The number of carbonyl (C=O) groups is 2. The van der Waals surface area contributed by atoms with Crippen LogP contribution in [0.4, 0.5) is 0 Å². The van der Waals surface area contributed by atoms with Gasteiger partial charge in [-0.3, -0.25) is 9.59 Å². The molecule has 4 nitrogen and oxygen atoms in total. The van der Waals surface area contributed by atoms with Crippen LogP contribution >= 0.6 is 34.5 Å². The second kappa shape index (κ2) is 8.49. The maximum Gasteiger partial charge on any atom is 0.303 e. The molecule has 1 unspecified atom stereocenters. The summed E-state index contributed by atoms with van der Waals surface area (Å²) in [6, 6.07) is 1.55. The van der Waals surface area contributed by atoms with Gasteiger partial charge in [-0.2, -0.15) is 0 Å². The van der Waals surface area contributed by atoms with Crippen molar-refractivity contribution in [3.63, 3.8) is 0 Å². The van der Waals surface area contributed by atoms with E-state index in [1.165, 1.54) is 0 Å². The lowest BCUT2D eigenvalue weighted by molar-refractivity contribution is -0.137. The van der Waals surface area contributed by atoms with Crippen molar-refractivity contribution in [2.45, 2.75) is 32.6 Å². The molecule has 1 aromatic heterocycles.